The van der Waals surface area contributed by atoms with Gasteiger partial charge in [-0.15, -0.1) is 0 Å². The van der Waals surface area contributed by atoms with Gasteiger partial charge in [-0.3, -0.25) is 0 Å². The molecule has 0 spiro atoms. The lowest BCUT2D eigenvalue weighted by atomic mass is 10.2. The quantitative estimate of drug-likeness (QED) is 0.711. The van der Waals surface area contributed by atoms with Gasteiger partial charge < -0.3 is 11.1 Å². The zero-order chi connectivity index (χ0) is 14.6. The van der Waals surface area contributed by atoms with Crippen LogP contribution in [0.25, 0.3) is 0 Å². The van der Waals surface area contributed by atoms with E-state index in [0.29, 0.717) is 17.9 Å². The van der Waals surface area contributed by atoms with Crippen LogP contribution in [0.15, 0.2) is 39.9 Å². The van der Waals surface area contributed by atoms with Crippen molar-refractivity contribution < 1.29 is 8.42 Å². The predicted molar refractivity (Wildman–Crippen MR) is 83.6 cm³/mol. The molecule has 1 aromatic carbocycles. The largest absolute Gasteiger partial charge is 0.399 e. The second-order valence-electron chi connectivity index (χ2n) is 4.27. The first kappa shape index (κ1) is 14.8. The van der Waals surface area contributed by atoms with Crippen molar-refractivity contribution in [2.45, 2.75) is 11.3 Å². The van der Waals surface area contributed by atoms with Crippen LogP contribution in [-0.4, -0.2) is 22.0 Å². The van der Waals surface area contributed by atoms with Gasteiger partial charge in [0.1, 0.15) is 4.90 Å². The van der Waals surface area contributed by atoms with Gasteiger partial charge in [-0.05, 0) is 54.1 Å². The first-order valence-electron chi connectivity index (χ1n) is 6.11. The molecule has 2 rings (SSSR count). The molecule has 1 heterocycles. The summed E-state index contributed by atoms with van der Waals surface area (Å²) in [5.74, 6) is 0. The van der Waals surface area contributed by atoms with Crippen molar-refractivity contribution in [2.24, 2.45) is 0 Å². The molecule has 2 aromatic rings. The molecule has 0 fully saturated rings. The molecule has 0 aliphatic carbocycles. The smallest absolute Gasteiger partial charge is 0.242 e. The summed E-state index contributed by atoms with van der Waals surface area (Å²) in [6.45, 7) is 0.660. The highest BCUT2D eigenvalue weighted by atomic mass is 32.2. The lowest BCUT2D eigenvalue weighted by molar-refractivity contribution is 0.588. The fourth-order valence-corrected chi connectivity index (χ4v) is 3.44. The van der Waals surface area contributed by atoms with Crippen molar-refractivity contribution in [3.63, 3.8) is 0 Å². The van der Waals surface area contributed by atoms with Crippen LogP contribution >= 0.6 is 11.3 Å². The van der Waals surface area contributed by atoms with Crippen LogP contribution in [0.4, 0.5) is 11.4 Å². The van der Waals surface area contributed by atoms with Gasteiger partial charge in [-0.25, -0.2) is 13.1 Å². The summed E-state index contributed by atoms with van der Waals surface area (Å²) in [4.78, 5) is 0.172. The number of hydrogen-bond donors (Lipinski definition) is 3. The van der Waals surface area contributed by atoms with Crippen molar-refractivity contribution >= 4 is 32.7 Å². The molecule has 0 amide bonds. The van der Waals surface area contributed by atoms with E-state index < -0.39 is 10.0 Å². The predicted octanol–water partition coefficient (Wildman–Crippen LogP) is 1.89. The van der Waals surface area contributed by atoms with E-state index >= 15 is 0 Å². The number of nitrogens with one attached hydrogen (secondary N) is 2. The minimum Gasteiger partial charge on any atom is -0.399 e. The third-order valence-corrected chi connectivity index (χ3v) is 5.06. The maximum absolute atomic E-state index is 12.0. The fourth-order valence-electron chi connectivity index (χ4n) is 1.79. The van der Waals surface area contributed by atoms with Gasteiger partial charge in [0.2, 0.25) is 10.0 Å². The van der Waals surface area contributed by atoms with E-state index in [4.69, 9.17) is 5.73 Å². The Morgan fingerprint density at radius 3 is 2.75 bits per heavy atom. The molecule has 0 unspecified atom stereocenters. The Labute approximate surface area is 122 Å². The molecule has 4 N–H and O–H groups in total. The van der Waals surface area contributed by atoms with Crippen LogP contribution in [0.5, 0.6) is 0 Å². The lowest BCUT2D eigenvalue weighted by Crippen LogP contribution is -2.20. The average molecular weight is 311 g/mol. The van der Waals surface area contributed by atoms with Crippen molar-refractivity contribution in [1.82, 2.24) is 4.72 Å². The summed E-state index contributed by atoms with van der Waals surface area (Å²) >= 11 is 1.65. The Hall–Kier alpha value is -1.57. The summed E-state index contributed by atoms with van der Waals surface area (Å²) in [5.41, 5.74) is 7.88. The van der Waals surface area contributed by atoms with Gasteiger partial charge in [-0.1, -0.05) is 0 Å². The van der Waals surface area contributed by atoms with Gasteiger partial charge >= 0.3 is 0 Å². The first-order chi connectivity index (χ1) is 9.53. The Morgan fingerprint density at radius 1 is 1.30 bits per heavy atom. The minimum absolute atomic E-state index is 0.172. The van der Waals surface area contributed by atoms with Crippen LogP contribution in [0.2, 0.25) is 0 Å². The molecule has 0 aliphatic rings. The van der Waals surface area contributed by atoms with Crippen LogP contribution in [0.3, 0.4) is 0 Å². The van der Waals surface area contributed by atoms with Crippen LogP contribution in [0.1, 0.15) is 5.56 Å². The lowest BCUT2D eigenvalue weighted by Gasteiger charge is -2.12. The molecule has 5 nitrogen and oxygen atoms in total. The van der Waals surface area contributed by atoms with Gasteiger partial charge in [0.05, 0.1) is 5.69 Å². The number of anilines is 2. The van der Waals surface area contributed by atoms with E-state index in [9.17, 15) is 8.42 Å². The molecule has 7 heteroatoms. The van der Waals surface area contributed by atoms with E-state index in [-0.39, 0.29) is 4.90 Å². The number of rotatable bonds is 6. The second-order valence-corrected chi connectivity index (χ2v) is 6.91. The van der Waals surface area contributed by atoms with E-state index in [1.54, 1.807) is 23.5 Å². The number of hydrogen-bond acceptors (Lipinski definition) is 5. The highest BCUT2D eigenvalue weighted by molar-refractivity contribution is 7.89. The van der Waals surface area contributed by atoms with Gasteiger partial charge in [-0.2, -0.15) is 11.3 Å². The summed E-state index contributed by atoms with van der Waals surface area (Å²) < 4.78 is 26.2. The van der Waals surface area contributed by atoms with E-state index in [2.05, 4.69) is 21.5 Å². The SMILES string of the molecule is CNS(=O)(=O)c1cc(N)ccc1NCCc1ccsc1. The maximum Gasteiger partial charge on any atom is 0.242 e. The average Bonchev–Trinajstić information content (AvgIpc) is 2.93. The maximum atomic E-state index is 12.0. The van der Waals surface area contributed by atoms with Crippen molar-refractivity contribution in [3.8, 4) is 0 Å². The molecule has 0 aliphatic heterocycles. The first-order valence-corrected chi connectivity index (χ1v) is 8.53. The van der Waals surface area contributed by atoms with Gasteiger partial charge in [0, 0.05) is 12.2 Å². The fraction of sp³-hybridized carbons (Fsp3) is 0.231. The van der Waals surface area contributed by atoms with Crippen LogP contribution in [0, 0.1) is 0 Å². The van der Waals surface area contributed by atoms with Gasteiger partial charge in [0.15, 0.2) is 0 Å². The minimum atomic E-state index is -3.53. The summed E-state index contributed by atoms with van der Waals surface area (Å²) in [6.07, 6.45) is 0.840. The summed E-state index contributed by atoms with van der Waals surface area (Å²) in [7, 11) is -2.14. The van der Waals surface area contributed by atoms with E-state index in [1.165, 1.54) is 18.7 Å². The van der Waals surface area contributed by atoms with E-state index in [0.717, 1.165) is 6.42 Å². The molecule has 0 bridgehead atoms. The van der Waals surface area contributed by atoms with Crippen molar-refractivity contribution in [1.29, 1.82) is 0 Å². The highest BCUT2D eigenvalue weighted by Gasteiger charge is 2.16. The zero-order valence-corrected chi connectivity index (χ0v) is 12.7. The topological polar surface area (TPSA) is 84.2 Å². The Morgan fingerprint density at radius 2 is 2.10 bits per heavy atom. The second kappa shape index (κ2) is 6.25. The molecule has 20 heavy (non-hydrogen) atoms. The number of thiophene rings is 1. The number of sulfonamides is 1. The molecule has 0 saturated heterocycles. The van der Waals surface area contributed by atoms with E-state index in [1.807, 2.05) is 5.38 Å². The Balaban J connectivity index is 2.15. The van der Waals surface area contributed by atoms with Crippen molar-refractivity contribution in [3.05, 3.63) is 40.6 Å². The van der Waals surface area contributed by atoms with Gasteiger partial charge in [0.25, 0.3) is 0 Å². The molecule has 108 valence electrons. The molecular weight excluding hydrogens is 294 g/mol. The Bertz CT molecular complexity index is 667. The summed E-state index contributed by atoms with van der Waals surface area (Å²) in [6, 6.07) is 6.88. The molecule has 1 aromatic heterocycles. The third-order valence-electron chi connectivity index (χ3n) is 2.87. The number of nitrogen functional groups attached to an aromatic ring is 1. The normalized spacial score (nSPS) is 11.4. The number of nitrogens with two attached hydrogens (primary N) is 1. The Kier molecular flexibility index (Phi) is 4.64. The molecule has 0 radical (unpaired) electrons. The summed E-state index contributed by atoms with van der Waals surface area (Å²) in [5, 5.41) is 7.25. The van der Waals surface area contributed by atoms with Crippen LogP contribution in [-0.2, 0) is 16.4 Å². The zero-order valence-electron chi connectivity index (χ0n) is 11.1. The van der Waals surface area contributed by atoms with Crippen molar-refractivity contribution in [2.75, 3.05) is 24.6 Å². The number of benzene rings is 1. The molecular formula is C13H17N3O2S2. The molecule has 0 atom stereocenters. The highest BCUT2D eigenvalue weighted by Crippen LogP contribution is 2.23. The standard InChI is InChI=1S/C13H17N3O2S2/c1-15-20(17,18)13-8-11(14)2-3-12(13)16-6-4-10-5-7-19-9-10/h2-3,5,7-9,15-16H,4,6,14H2,1H3. The van der Waals surface area contributed by atoms with Crippen LogP contribution < -0.4 is 15.8 Å². The monoisotopic (exact) mass is 311 g/mol. The molecule has 0 saturated carbocycles. The third kappa shape index (κ3) is 3.50.